The molecule has 42 heavy (non-hydrogen) atoms. The van der Waals surface area contributed by atoms with Crippen molar-refractivity contribution in [1.82, 2.24) is 9.80 Å². The van der Waals surface area contributed by atoms with Gasteiger partial charge in [0.05, 0.1) is 36.3 Å². The number of rotatable bonds is 8. The number of nitrogens with zero attached hydrogens (tertiary/aromatic N) is 3. The number of esters is 1. The Morgan fingerprint density at radius 2 is 1.74 bits per heavy atom. The van der Waals surface area contributed by atoms with E-state index in [1.54, 1.807) is 6.92 Å². The largest absolute Gasteiger partial charge is 0.466 e. The fourth-order valence-corrected chi connectivity index (χ4v) is 6.61. The summed E-state index contributed by atoms with van der Waals surface area (Å²) in [6.07, 6.45) is 1.39. The van der Waals surface area contributed by atoms with E-state index in [-0.39, 0.29) is 30.1 Å². The molecule has 3 aliphatic heterocycles. The summed E-state index contributed by atoms with van der Waals surface area (Å²) in [6.45, 7) is 9.40. The topological polar surface area (TPSA) is 91.3 Å². The predicted molar refractivity (Wildman–Crippen MR) is 167 cm³/mol. The van der Waals surface area contributed by atoms with E-state index in [1.165, 1.54) is 17.3 Å². The van der Waals surface area contributed by atoms with Crippen LogP contribution in [-0.2, 0) is 19.1 Å². The van der Waals surface area contributed by atoms with Crippen molar-refractivity contribution in [2.75, 3.05) is 25.0 Å². The number of aliphatic imine (C=N–C) groups is 1. The Labute approximate surface area is 251 Å². The van der Waals surface area contributed by atoms with Crippen LogP contribution in [0.4, 0.5) is 5.69 Å². The van der Waals surface area contributed by atoms with Crippen LogP contribution < -0.4 is 5.32 Å². The number of benzene rings is 2. The molecule has 1 saturated heterocycles. The number of ether oxygens (including phenoxy) is 1. The van der Waals surface area contributed by atoms with Gasteiger partial charge in [-0.1, -0.05) is 68.1 Å². The van der Waals surface area contributed by atoms with E-state index in [1.807, 2.05) is 52.5 Å². The second-order valence-electron chi connectivity index (χ2n) is 11.1. The number of nitrogens with one attached hydrogen (secondary N) is 1. The number of amidine groups is 1. The van der Waals surface area contributed by atoms with E-state index < -0.39 is 6.04 Å². The van der Waals surface area contributed by atoms with E-state index in [9.17, 15) is 14.4 Å². The van der Waals surface area contributed by atoms with Gasteiger partial charge in [-0.05, 0) is 61.3 Å². The number of anilines is 1. The maximum atomic E-state index is 13.8. The molecule has 0 aliphatic carbocycles. The van der Waals surface area contributed by atoms with Crippen molar-refractivity contribution in [3.63, 3.8) is 0 Å². The molecule has 1 fully saturated rings. The van der Waals surface area contributed by atoms with Crippen LogP contribution >= 0.6 is 11.8 Å². The summed E-state index contributed by atoms with van der Waals surface area (Å²) in [5, 5.41) is 5.78. The third kappa shape index (κ3) is 6.31. The number of piperidine rings is 1. The van der Waals surface area contributed by atoms with Gasteiger partial charge >= 0.3 is 5.97 Å². The molecule has 1 N–H and O–H groups in total. The predicted octanol–water partition coefficient (Wildman–Crippen LogP) is 6.22. The highest BCUT2D eigenvalue weighted by atomic mass is 32.2. The molecule has 8 nitrogen and oxygen atoms in total. The first-order valence-corrected chi connectivity index (χ1v) is 15.5. The third-order valence-corrected chi connectivity index (χ3v) is 8.88. The summed E-state index contributed by atoms with van der Waals surface area (Å²) in [5.41, 5.74) is 4.90. The van der Waals surface area contributed by atoms with Crippen molar-refractivity contribution in [2.45, 2.75) is 58.9 Å². The van der Waals surface area contributed by atoms with E-state index in [4.69, 9.17) is 9.73 Å². The number of amides is 2. The molecule has 1 atom stereocenters. The highest BCUT2D eigenvalue weighted by molar-refractivity contribution is 8.16. The fraction of sp³-hybridized carbons (Fsp3) is 0.394. The summed E-state index contributed by atoms with van der Waals surface area (Å²) in [4.78, 5) is 48.2. The Bertz CT molecular complexity index is 1420. The molecule has 0 saturated carbocycles. The molecule has 9 heteroatoms. The maximum absolute atomic E-state index is 13.8. The van der Waals surface area contributed by atoms with E-state index in [2.05, 4.69) is 43.4 Å². The minimum Gasteiger partial charge on any atom is -0.466 e. The average molecular weight is 587 g/mol. The number of likely N-dealkylation sites (tertiary alicyclic amines) is 1. The van der Waals surface area contributed by atoms with Gasteiger partial charge in [0, 0.05) is 24.5 Å². The quantitative estimate of drug-likeness (QED) is 0.370. The van der Waals surface area contributed by atoms with Gasteiger partial charge in [-0.15, -0.1) is 0 Å². The van der Waals surface area contributed by atoms with E-state index in [0.717, 1.165) is 16.4 Å². The minimum absolute atomic E-state index is 0.000812. The summed E-state index contributed by atoms with van der Waals surface area (Å²) in [7, 11) is 0. The molecule has 0 aromatic heterocycles. The van der Waals surface area contributed by atoms with Gasteiger partial charge < -0.3 is 19.9 Å². The third-order valence-electron chi connectivity index (χ3n) is 8.00. The zero-order chi connectivity index (χ0) is 29.8. The second kappa shape index (κ2) is 13.0. The van der Waals surface area contributed by atoms with E-state index in [0.29, 0.717) is 55.4 Å². The van der Waals surface area contributed by atoms with Gasteiger partial charge in [-0.3, -0.25) is 14.4 Å². The van der Waals surface area contributed by atoms with Crippen LogP contribution in [0.25, 0.3) is 0 Å². The number of thioether (sulfide) groups is 1. The highest BCUT2D eigenvalue weighted by Crippen LogP contribution is 2.45. The fourth-order valence-electron chi connectivity index (χ4n) is 5.65. The van der Waals surface area contributed by atoms with Crippen LogP contribution in [0.5, 0.6) is 0 Å². The summed E-state index contributed by atoms with van der Waals surface area (Å²) < 4.78 is 5.18. The Hall–Kier alpha value is -3.85. The van der Waals surface area contributed by atoms with Gasteiger partial charge in [0.25, 0.3) is 5.91 Å². The van der Waals surface area contributed by atoms with Gasteiger partial charge in [0.15, 0.2) is 5.17 Å². The SMILES string of the molecule is CCOC(=O)C1CCN(C(=O)CC2=CSC3=NC(C)=C(C(=O)Nc4ccccc4)C(c4ccc(C(C)C)cc4)N23)CC1. The highest BCUT2D eigenvalue weighted by Gasteiger charge is 2.41. The number of allylic oxidation sites excluding steroid dienone is 1. The lowest BCUT2D eigenvalue weighted by Crippen LogP contribution is -2.42. The first-order chi connectivity index (χ1) is 20.3. The normalized spacial score (nSPS) is 18.9. The van der Waals surface area contributed by atoms with Crippen LogP contribution in [-0.4, -0.2) is 52.4 Å². The molecule has 3 aliphatic rings. The molecule has 2 aromatic rings. The molecular weight excluding hydrogens is 548 g/mol. The molecule has 0 bridgehead atoms. The Morgan fingerprint density at radius 1 is 1.05 bits per heavy atom. The summed E-state index contributed by atoms with van der Waals surface area (Å²) >= 11 is 1.48. The average Bonchev–Trinajstić information content (AvgIpc) is 3.38. The molecule has 2 aromatic carbocycles. The number of hydrogen-bond acceptors (Lipinski definition) is 7. The van der Waals surface area contributed by atoms with Gasteiger partial charge in [0.1, 0.15) is 0 Å². The van der Waals surface area contributed by atoms with Gasteiger partial charge in [-0.25, -0.2) is 4.99 Å². The molecule has 5 rings (SSSR count). The van der Waals surface area contributed by atoms with Crippen LogP contribution in [0.2, 0.25) is 0 Å². The molecular formula is C33H38N4O4S. The van der Waals surface area contributed by atoms with Crippen LogP contribution in [0.15, 0.2) is 82.0 Å². The van der Waals surface area contributed by atoms with Crippen molar-refractivity contribution < 1.29 is 19.1 Å². The first-order valence-electron chi connectivity index (χ1n) is 14.6. The van der Waals surface area contributed by atoms with Crippen molar-refractivity contribution in [3.8, 4) is 0 Å². The zero-order valence-corrected chi connectivity index (χ0v) is 25.4. The van der Waals surface area contributed by atoms with Crippen molar-refractivity contribution >= 4 is 40.4 Å². The number of fused-ring (bicyclic) bond motifs is 1. The molecule has 0 spiro atoms. The maximum Gasteiger partial charge on any atom is 0.309 e. The monoisotopic (exact) mass is 586 g/mol. The molecule has 3 heterocycles. The lowest BCUT2D eigenvalue weighted by Gasteiger charge is -2.37. The van der Waals surface area contributed by atoms with Crippen molar-refractivity contribution in [2.24, 2.45) is 10.9 Å². The van der Waals surface area contributed by atoms with Crippen molar-refractivity contribution in [1.29, 1.82) is 0 Å². The molecule has 0 radical (unpaired) electrons. The minimum atomic E-state index is -0.439. The summed E-state index contributed by atoms with van der Waals surface area (Å²) in [5.74, 6) is -0.176. The van der Waals surface area contributed by atoms with Gasteiger partial charge in [0.2, 0.25) is 5.91 Å². The van der Waals surface area contributed by atoms with Crippen LogP contribution in [0.1, 0.15) is 70.0 Å². The van der Waals surface area contributed by atoms with E-state index >= 15 is 0 Å². The van der Waals surface area contributed by atoms with Crippen molar-refractivity contribution in [3.05, 3.63) is 88.1 Å². The Morgan fingerprint density at radius 3 is 2.38 bits per heavy atom. The second-order valence-corrected chi connectivity index (χ2v) is 12.0. The first kappa shape index (κ1) is 29.6. The van der Waals surface area contributed by atoms with Crippen LogP contribution in [0.3, 0.4) is 0 Å². The smallest absolute Gasteiger partial charge is 0.309 e. The Kier molecular flexibility index (Phi) is 9.16. The van der Waals surface area contributed by atoms with Crippen LogP contribution in [0, 0.1) is 5.92 Å². The zero-order valence-electron chi connectivity index (χ0n) is 24.6. The lowest BCUT2D eigenvalue weighted by molar-refractivity contribution is -0.151. The van der Waals surface area contributed by atoms with Gasteiger partial charge in [-0.2, -0.15) is 0 Å². The Balaban J connectivity index is 1.40. The number of carbonyl (C=O) groups excluding carboxylic acids is 3. The number of hydrogen-bond donors (Lipinski definition) is 1. The number of para-hydroxylation sites is 1. The lowest BCUT2D eigenvalue weighted by atomic mass is 9.91. The molecule has 2 amide bonds. The summed E-state index contributed by atoms with van der Waals surface area (Å²) in [6, 6.07) is 17.3. The standard InChI is InChI=1S/C33H38N4O4S/c1-5-41-32(40)25-15-17-36(18-16-25)28(38)19-27-20-42-33-34-22(4)29(31(39)35-26-9-7-6-8-10-26)30(37(27)33)24-13-11-23(12-14-24)21(2)3/h6-14,20-21,25,30H,5,15-19H2,1-4H3,(H,35,39). The molecule has 1 unspecified atom stereocenters. The molecule has 220 valence electrons. The number of carbonyl (C=O) groups is 3.